The fourth-order valence-electron chi connectivity index (χ4n) is 2.52. The number of benzene rings is 2. The molecule has 6 heteroatoms. The van der Waals surface area contributed by atoms with Crippen molar-refractivity contribution < 1.29 is 4.79 Å². The Hall–Kier alpha value is -2.11. The van der Waals surface area contributed by atoms with E-state index in [1.54, 1.807) is 4.68 Å². The molecule has 1 aromatic heterocycles. The number of halogens is 2. The SMILES string of the molecule is Cc1ccc(C)c(C(=O)Nc2nn(Cc3ccccc3Cl)cc2Br)c1. The van der Waals surface area contributed by atoms with Gasteiger partial charge < -0.3 is 5.32 Å². The number of nitrogens with one attached hydrogen (secondary N) is 1. The van der Waals surface area contributed by atoms with Gasteiger partial charge in [-0.05, 0) is 53.0 Å². The summed E-state index contributed by atoms with van der Waals surface area (Å²) in [7, 11) is 0. The summed E-state index contributed by atoms with van der Waals surface area (Å²) < 4.78 is 2.46. The van der Waals surface area contributed by atoms with Crippen LogP contribution in [0.4, 0.5) is 5.82 Å². The molecule has 0 atom stereocenters. The first-order valence-electron chi connectivity index (χ1n) is 7.79. The molecular weight excluding hydrogens is 402 g/mol. The zero-order valence-corrected chi connectivity index (χ0v) is 16.2. The van der Waals surface area contributed by atoms with Crippen molar-refractivity contribution in [3.63, 3.8) is 0 Å². The molecule has 25 heavy (non-hydrogen) atoms. The lowest BCUT2D eigenvalue weighted by Crippen LogP contribution is -2.14. The van der Waals surface area contributed by atoms with Gasteiger partial charge in [0.15, 0.2) is 5.82 Å². The number of hydrogen-bond acceptors (Lipinski definition) is 2. The lowest BCUT2D eigenvalue weighted by molar-refractivity contribution is 0.102. The lowest BCUT2D eigenvalue weighted by atomic mass is 10.1. The lowest BCUT2D eigenvalue weighted by Gasteiger charge is -2.07. The number of carbonyl (C=O) groups is 1. The first-order valence-corrected chi connectivity index (χ1v) is 8.96. The highest BCUT2D eigenvalue weighted by Crippen LogP contribution is 2.23. The van der Waals surface area contributed by atoms with E-state index >= 15 is 0 Å². The van der Waals surface area contributed by atoms with Gasteiger partial charge in [-0.25, -0.2) is 0 Å². The van der Waals surface area contributed by atoms with Gasteiger partial charge in [-0.3, -0.25) is 9.48 Å². The van der Waals surface area contributed by atoms with Gasteiger partial charge >= 0.3 is 0 Å². The quantitative estimate of drug-likeness (QED) is 0.631. The van der Waals surface area contributed by atoms with E-state index in [0.29, 0.717) is 22.9 Å². The van der Waals surface area contributed by atoms with Crippen LogP contribution in [0.3, 0.4) is 0 Å². The number of hydrogen-bond donors (Lipinski definition) is 1. The fourth-order valence-corrected chi connectivity index (χ4v) is 3.13. The number of rotatable bonds is 4. The van der Waals surface area contributed by atoms with E-state index in [0.717, 1.165) is 21.2 Å². The number of aromatic nitrogens is 2. The van der Waals surface area contributed by atoms with Crippen LogP contribution in [0.5, 0.6) is 0 Å². The topological polar surface area (TPSA) is 46.9 Å². The molecule has 0 bridgehead atoms. The molecule has 0 aliphatic rings. The maximum atomic E-state index is 12.6. The summed E-state index contributed by atoms with van der Waals surface area (Å²) >= 11 is 9.65. The second-order valence-electron chi connectivity index (χ2n) is 5.89. The summed E-state index contributed by atoms with van der Waals surface area (Å²) in [6, 6.07) is 13.4. The van der Waals surface area contributed by atoms with Crippen molar-refractivity contribution in [2.75, 3.05) is 5.32 Å². The third-order valence-electron chi connectivity index (χ3n) is 3.88. The van der Waals surface area contributed by atoms with E-state index in [9.17, 15) is 4.79 Å². The predicted octanol–water partition coefficient (Wildman–Crippen LogP) is 5.22. The Morgan fingerprint density at radius 3 is 2.76 bits per heavy atom. The fraction of sp³-hybridized carbons (Fsp3) is 0.158. The maximum Gasteiger partial charge on any atom is 0.257 e. The molecule has 0 spiro atoms. The Kier molecular flexibility index (Phi) is 5.25. The second kappa shape index (κ2) is 7.42. The highest BCUT2D eigenvalue weighted by molar-refractivity contribution is 9.10. The average molecular weight is 419 g/mol. The van der Waals surface area contributed by atoms with Crippen LogP contribution >= 0.6 is 27.5 Å². The van der Waals surface area contributed by atoms with Crippen LogP contribution in [-0.2, 0) is 6.54 Å². The molecule has 4 nitrogen and oxygen atoms in total. The molecule has 0 aliphatic heterocycles. The largest absolute Gasteiger partial charge is 0.304 e. The molecule has 2 aromatic carbocycles. The van der Waals surface area contributed by atoms with E-state index in [-0.39, 0.29) is 5.91 Å². The van der Waals surface area contributed by atoms with Crippen LogP contribution in [0.1, 0.15) is 27.0 Å². The summed E-state index contributed by atoms with van der Waals surface area (Å²) in [5.41, 5.74) is 3.58. The number of amides is 1. The molecule has 3 rings (SSSR count). The minimum absolute atomic E-state index is 0.176. The van der Waals surface area contributed by atoms with Crippen molar-refractivity contribution in [2.45, 2.75) is 20.4 Å². The molecule has 0 saturated carbocycles. The average Bonchev–Trinajstić information content (AvgIpc) is 2.91. The Balaban J connectivity index is 1.80. The Labute approximate surface area is 159 Å². The van der Waals surface area contributed by atoms with Crippen LogP contribution in [0.25, 0.3) is 0 Å². The number of anilines is 1. The van der Waals surface area contributed by atoms with Gasteiger partial charge in [0.25, 0.3) is 5.91 Å². The smallest absolute Gasteiger partial charge is 0.257 e. The molecule has 0 unspecified atom stereocenters. The monoisotopic (exact) mass is 417 g/mol. The van der Waals surface area contributed by atoms with Crippen molar-refractivity contribution in [2.24, 2.45) is 0 Å². The summed E-state index contributed by atoms with van der Waals surface area (Å²) in [4.78, 5) is 12.6. The van der Waals surface area contributed by atoms with Gasteiger partial charge in [-0.2, -0.15) is 5.10 Å². The molecule has 0 saturated heterocycles. The van der Waals surface area contributed by atoms with E-state index in [1.165, 1.54) is 0 Å². The summed E-state index contributed by atoms with van der Waals surface area (Å²) in [5.74, 6) is 0.308. The van der Waals surface area contributed by atoms with Crippen molar-refractivity contribution >= 4 is 39.3 Å². The van der Waals surface area contributed by atoms with Gasteiger partial charge in [-0.15, -0.1) is 0 Å². The van der Waals surface area contributed by atoms with E-state index in [4.69, 9.17) is 11.6 Å². The van der Waals surface area contributed by atoms with E-state index < -0.39 is 0 Å². The Morgan fingerprint density at radius 2 is 2.00 bits per heavy atom. The van der Waals surface area contributed by atoms with Crippen LogP contribution < -0.4 is 5.32 Å². The van der Waals surface area contributed by atoms with Gasteiger partial charge in [-0.1, -0.05) is 47.5 Å². The molecule has 1 amide bonds. The minimum atomic E-state index is -0.176. The van der Waals surface area contributed by atoms with Crippen LogP contribution in [0, 0.1) is 13.8 Å². The van der Waals surface area contributed by atoms with E-state index in [2.05, 4.69) is 26.3 Å². The molecular formula is C19H17BrClN3O. The second-order valence-corrected chi connectivity index (χ2v) is 7.15. The molecule has 1 N–H and O–H groups in total. The first-order chi connectivity index (χ1) is 11.9. The van der Waals surface area contributed by atoms with Crippen LogP contribution in [0.15, 0.2) is 53.1 Å². The van der Waals surface area contributed by atoms with Gasteiger partial charge in [0.2, 0.25) is 0 Å². The van der Waals surface area contributed by atoms with Crippen molar-refractivity contribution in [3.05, 3.63) is 80.4 Å². The third kappa shape index (κ3) is 4.11. The zero-order chi connectivity index (χ0) is 18.0. The molecule has 0 fully saturated rings. The Morgan fingerprint density at radius 1 is 1.24 bits per heavy atom. The molecule has 0 aliphatic carbocycles. The predicted molar refractivity (Wildman–Crippen MR) is 104 cm³/mol. The summed E-state index contributed by atoms with van der Waals surface area (Å²) in [6.45, 7) is 4.40. The Bertz CT molecular complexity index is 936. The van der Waals surface area contributed by atoms with Gasteiger partial charge in [0.1, 0.15) is 0 Å². The van der Waals surface area contributed by atoms with Crippen molar-refractivity contribution in [1.29, 1.82) is 0 Å². The standard InChI is InChI=1S/C19H17BrClN3O/c1-12-7-8-13(2)15(9-12)19(25)22-18-16(20)11-24(23-18)10-14-5-3-4-6-17(14)21/h3-9,11H,10H2,1-2H3,(H,22,23,25). The molecule has 1 heterocycles. The van der Waals surface area contributed by atoms with Crippen LogP contribution in [-0.4, -0.2) is 15.7 Å². The molecule has 128 valence electrons. The number of nitrogens with zero attached hydrogens (tertiary/aromatic N) is 2. The molecule has 3 aromatic rings. The third-order valence-corrected chi connectivity index (χ3v) is 4.83. The van der Waals surface area contributed by atoms with Crippen LogP contribution in [0.2, 0.25) is 5.02 Å². The van der Waals surface area contributed by atoms with Crippen molar-refractivity contribution in [1.82, 2.24) is 9.78 Å². The minimum Gasteiger partial charge on any atom is -0.304 e. The van der Waals surface area contributed by atoms with E-state index in [1.807, 2.05) is 62.5 Å². The number of aryl methyl sites for hydroxylation is 2. The summed E-state index contributed by atoms with van der Waals surface area (Å²) in [5, 5.41) is 8.00. The van der Waals surface area contributed by atoms with Crippen molar-refractivity contribution in [3.8, 4) is 0 Å². The summed E-state index contributed by atoms with van der Waals surface area (Å²) in [6.07, 6.45) is 1.82. The highest BCUT2D eigenvalue weighted by atomic mass is 79.9. The maximum absolute atomic E-state index is 12.6. The number of carbonyl (C=O) groups excluding carboxylic acids is 1. The highest BCUT2D eigenvalue weighted by Gasteiger charge is 2.14. The van der Waals surface area contributed by atoms with Gasteiger partial charge in [0.05, 0.1) is 11.0 Å². The zero-order valence-electron chi connectivity index (χ0n) is 13.9. The normalized spacial score (nSPS) is 10.7. The van der Waals surface area contributed by atoms with Gasteiger partial charge in [0, 0.05) is 16.8 Å². The molecule has 0 radical (unpaired) electrons. The first kappa shape index (κ1) is 17.7.